The summed E-state index contributed by atoms with van der Waals surface area (Å²) in [5.74, 6) is -5.87. The van der Waals surface area contributed by atoms with Gasteiger partial charge in [-0.05, 0) is 82.3 Å². The molecule has 0 heterocycles. The predicted molar refractivity (Wildman–Crippen MR) is 280 cm³/mol. The Balaban J connectivity index is 2.12. The lowest BCUT2D eigenvalue weighted by atomic mass is 9.93. The number of likely N-dealkylation sites (N-methyl/N-ethyl adjacent to an activating group) is 2. The number of esters is 1. The summed E-state index contributed by atoms with van der Waals surface area (Å²) in [6.07, 6.45) is 17.0. The second kappa shape index (κ2) is 33.6. The largest absolute Gasteiger partial charge is 0.507 e. The van der Waals surface area contributed by atoms with E-state index in [-0.39, 0.29) is 59.3 Å². The average molecular weight is 1020 g/mol. The van der Waals surface area contributed by atoms with E-state index in [0.717, 1.165) is 30.6 Å². The first kappa shape index (κ1) is 63.1. The van der Waals surface area contributed by atoms with E-state index in [1.54, 1.807) is 19.1 Å². The Hall–Kier alpha value is -6.04. The summed E-state index contributed by atoms with van der Waals surface area (Å²) in [4.78, 5) is 107. The molecule has 0 aliphatic rings. The molecule has 0 radical (unpaired) electrons. The monoisotopic (exact) mass is 1020 g/mol. The highest BCUT2D eigenvalue weighted by Crippen LogP contribution is 2.39. The summed E-state index contributed by atoms with van der Waals surface area (Å²) in [5.41, 5.74) is 0.953. The molecular weight excluding hydrogens is 937 g/mol. The number of aliphatic hydroxyl groups excluding tert-OH is 1. The molecule has 0 aliphatic carbocycles. The molecule has 0 unspecified atom stereocenters. The van der Waals surface area contributed by atoms with Crippen LogP contribution < -0.4 is 21.3 Å². The molecule has 408 valence electrons. The SMILES string of the molecule is CCCCCCCCCCCCCCCC(=O)N(C)[C@H](CO)C(=O)N[C@H](C)C(=O)NCC(=O)N(C)[C@H](C(=O)N[C@@H](C)C(C)=O)c1ccc(O)c(-c2cc(C[C@H](C)C(=O)N[C@H](C)C(=O)OCCCC)ccc2O)c1. The lowest BCUT2D eigenvalue weighted by molar-refractivity contribution is -0.147. The van der Waals surface area contributed by atoms with Crippen molar-refractivity contribution in [3.63, 3.8) is 0 Å². The van der Waals surface area contributed by atoms with E-state index in [1.807, 2.05) is 6.92 Å². The fourth-order valence-electron chi connectivity index (χ4n) is 8.10. The second-order valence-corrected chi connectivity index (χ2v) is 19.4. The number of nitrogens with one attached hydrogen (secondary N) is 4. The molecule has 0 fully saturated rings. The Bertz CT molecular complexity index is 2120. The van der Waals surface area contributed by atoms with E-state index in [9.17, 15) is 53.7 Å². The molecule has 7 N–H and O–H groups in total. The summed E-state index contributed by atoms with van der Waals surface area (Å²) >= 11 is 0. The number of benzene rings is 2. The van der Waals surface area contributed by atoms with E-state index in [0.29, 0.717) is 18.4 Å². The minimum absolute atomic E-state index is 0.0710. The number of amides is 6. The van der Waals surface area contributed by atoms with Gasteiger partial charge in [-0.2, -0.15) is 0 Å². The number of Topliss-reactive ketones (excluding diaryl/α,β-unsaturated/α-hetero) is 1. The molecule has 0 aliphatic heterocycles. The highest BCUT2D eigenvalue weighted by atomic mass is 16.5. The van der Waals surface area contributed by atoms with Gasteiger partial charge in [0.1, 0.15) is 35.7 Å². The van der Waals surface area contributed by atoms with Gasteiger partial charge in [-0.25, -0.2) is 4.79 Å². The van der Waals surface area contributed by atoms with Gasteiger partial charge in [-0.3, -0.25) is 33.6 Å². The maximum Gasteiger partial charge on any atom is 0.328 e. The van der Waals surface area contributed by atoms with E-state index >= 15 is 0 Å². The fraction of sp³-hybridized carbons (Fsp3) is 0.636. The van der Waals surface area contributed by atoms with Crippen molar-refractivity contribution >= 4 is 47.2 Å². The summed E-state index contributed by atoms with van der Waals surface area (Å²) in [6, 6.07) is 2.89. The molecule has 2 aromatic rings. The maximum atomic E-state index is 13.9. The molecule has 18 heteroatoms. The number of phenols is 2. The summed E-state index contributed by atoms with van der Waals surface area (Å²) in [5, 5.41) is 42.5. The van der Waals surface area contributed by atoms with E-state index in [4.69, 9.17) is 4.74 Å². The minimum Gasteiger partial charge on any atom is -0.507 e. The fourth-order valence-corrected chi connectivity index (χ4v) is 8.10. The van der Waals surface area contributed by atoms with Crippen LogP contribution in [0.25, 0.3) is 11.1 Å². The lowest BCUT2D eigenvalue weighted by Gasteiger charge is -2.29. The molecule has 2 rings (SSSR count). The van der Waals surface area contributed by atoms with Crippen LogP contribution in [-0.2, 0) is 49.5 Å². The lowest BCUT2D eigenvalue weighted by Crippen LogP contribution is -2.55. The minimum atomic E-state index is -1.44. The molecule has 18 nitrogen and oxygen atoms in total. The highest BCUT2D eigenvalue weighted by Gasteiger charge is 2.33. The standard InChI is InChI=1S/C55H86N6O12/c1-10-12-14-15-16-17-18-19-20-21-22-23-24-25-48(66)60(8)45(35-62)53(70)58-38(5)52(69)56-34-49(67)61(9)50(54(71)57-37(4)40(7)63)42-27-29-47(65)44(33-42)43-32-41(26-28-46(43)64)31-36(3)51(68)59-39(6)55(72)73-30-13-11-2/h26-29,32-33,36-39,45,50,62,64-65H,10-25,30-31,34-35H2,1-9H3,(H,56,69)(H,57,71)(H,58,70)(H,59,68)/t36-,37-,38+,39+,45+,50-/m0/s1. The zero-order valence-electron chi connectivity index (χ0n) is 45.0. The number of hydrogen-bond donors (Lipinski definition) is 7. The van der Waals surface area contributed by atoms with Crippen LogP contribution in [0.4, 0.5) is 0 Å². The van der Waals surface area contributed by atoms with Gasteiger partial charge in [0.25, 0.3) is 0 Å². The van der Waals surface area contributed by atoms with Gasteiger partial charge >= 0.3 is 5.97 Å². The van der Waals surface area contributed by atoms with Crippen molar-refractivity contribution in [1.29, 1.82) is 0 Å². The van der Waals surface area contributed by atoms with Crippen LogP contribution in [0.2, 0.25) is 0 Å². The normalized spacial score (nSPS) is 13.6. The van der Waals surface area contributed by atoms with Crippen LogP contribution in [0.1, 0.15) is 168 Å². The van der Waals surface area contributed by atoms with Crippen molar-refractivity contribution in [3.8, 4) is 22.6 Å². The van der Waals surface area contributed by atoms with Gasteiger partial charge in [0.2, 0.25) is 35.4 Å². The number of ketones is 1. The number of rotatable bonds is 35. The number of aliphatic hydroxyl groups is 1. The first-order chi connectivity index (χ1) is 34.7. The van der Waals surface area contributed by atoms with E-state index in [1.165, 1.54) is 129 Å². The number of hydrogen-bond acceptors (Lipinski definition) is 12. The molecule has 6 amide bonds. The predicted octanol–water partition coefficient (Wildman–Crippen LogP) is 6.31. The van der Waals surface area contributed by atoms with Crippen LogP contribution in [0.15, 0.2) is 36.4 Å². The summed E-state index contributed by atoms with van der Waals surface area (Å²) in [6.45, 7) is 10.4. The van der Waals surface area contributed by atoms with Crippen molar-refractivity contribution in [2.45, 2.75) is 188 Å². The molecule has 0 spiro atoms. The number of carbonyl (C=O) groups is 8. The van der Waals surface area contributed by atoms with E-state index < -0.39 is 84.8 Å². The van der Waals surface area contributed by atoms with Gasteiger partial charge < -0.3 is 51.1 Å². The first-order valence-corrected chi connectivity index (χ1v) is 26.3. The molecule has 0 saturated heterocycles. The van der Waals surface area contributed by atoms with Crippen LogP contribution in [-0.4, -0.2) is 130 Å². The van der Waals surface area contributed by atoms with Crippen molar-refractivity contribution in [2.24, 2.45) is 5.92 Å². The highest BCUT2D eigenvalue weighted by molar-refractivity contribution is 5.96. The van der Waals surface area contributed by atoms with Crippen LogP contribution in [0, 0.1) is 5.92 Å². The molecule has 73 heavy (non-hydrogen) atoms. The number of nitrogens with zero attached hydrogens (tertiary/aromatic N) is 2. The maximum absolute atomic E-state index is 13.9. The second-order valence-electron chi connectivity index (χ2n) is 19.4. The van der Waals surface area contributed by atoms with Crippen molar-refractivity contribution in [1.82, 2.24) is 31.1 Å². The summed E-state index contributed by atoms with van der Waals surface area (Å²) in [7, 11) is 2.73. The Kier molecular flexibility index (Phi) is 29.1. The number of ether oxygens (including phenoxy) is 1. The Morgan fingerprint density at radius 3 is 1.67 bits per heavy atom. The van der Waals surface area contributed by atoms with Gasteiger partial charge in [0.15, 0.2) is 5.78 Å². The molecule has 0 aromatic heterocycles. The van der Waals surface area contributed by atoms with E-state index in [2.05, 4.69) is 28.2 Å². The Morgan fingerprint density at radius 1 is 0.589 bits per heavy atom. The Morgan fingerprint density at radius 2 is 1.11 bits per heavy atom. The third kappa shape index (κ3) is 21.9. The van der Waals surface area contributed by atoms with Crippen molar-refractivity contribution in [3.05, 3.63) is 47.5 Å². The third-order valence-electron chi connectivity index (χ3n) is 13.1. The van der Waals surface area contributed by atoms with Crippen LogP contribution >= 0.6 is 0 Å². The zero-order valence-corrected chi connectivity index (χ0v) is 45.0. The van der Waals surface area contributed by atoms with Crippen molar-refractivity contribution < 1.29 is 58.4 Å². The number of carbonyl (C=O) groups excluding carboxylic acids is 8. The van der Waals surface area contributed by atoms with Crippen molar-refractivity contribution in [2.75, 3.05) is 33.9 Å². The summed E-state index contributed by atoms with van der Waals surface area (Å²) < 4.78 is 5.21. The van der Waals surface area contributed by atoms with Gasteiger partial charge in [0.05, 0.1) is 25.8 Å². The average Bonchev–Trinajstić information content (AvgIpc) is 3.35. The zero-order chi connectivity index (χ0) is 54.6. The quantitative estimate of drug-likeness (QED) is 0.0296. The molecular formula is C55H86N6O12. The smallest absolute Gasteiger partial charge is 0.328 e. The first-order valence-electron chi connectivity index (χ1n) is 26.3. The topological polar surface area (TPSA) is 261 Å². The molecule has 2 aromatic carbocycles. The van der Waals surface area contributed by atoms with Gasteiger partial charge in [-0.1, -0.05) is 116 Å². The Labute approximate surface area is 433 Å². The van der Waals surface area contributed by atoms with Crippen LogP contribution in [0.3, 0.4) is 0 Å². The number of aromatic hydroxyl groups is 2. The third-order valence-corrected chi connectivity index (χ3v) is 13.1. The number of phenolic OH excluding ortho intramolecular Hbond substituents is 2. The van der Waals surface area contributed by atoms with Gasteiger partial charge in [0, 0.05) is 37.6 Å². The number of unbranched alkanes of at least 4 members (excludes halogenated alkanes) is 13. The van der Waals surface area contributed by atoms with Gasteiger partial charge in [-0.15, -0.1) is 0 Å². The van der Waals surface area contributed by atoms with Crippen LogP contribution in [0.5, 0.6) is 11.5 Å². The molecule has 0 bridgehead atoms. The molecule has 0 saturated carbocycles. The molecule has 6 atom stereocenters.